The summed E-state index contributed by atoms with van der Waals surface area (Å²) in [5.74, 6) is 0. The standard InChI is InChI=1S/C14H21BrO/c1-13(2,3)16-12-8-7-10-11(15)6-5-9-14(10,12)4/h6-7,12H,5,8-9H2,1-4H3/t12-,14-/m0/s1. The summed E-state index contributed by atoms with van der Waals surface area (Å²) in [5.41, 5.74) is 1.61. The number of hydrogen-bond donors (Lipinski definition) is 0. The average molecular weight is 285 g/mol. The van der Waals surface area contributed by atoms with Crippen molar-refractivity contribution in [3.05, 3.63) is 22.2 Å². The van der Waals surface area contributed by atoms with Gasteiger partial charge < -0.3 is 4.74 Å². The molecule has 16 heavy (non-hydrogen) atoms. The molecule has 0 fully saturated rings. The van der Waals surface area contributed by atoms with Crippen molar-refractivity contribution in [2.24, 2.45) is 5.41 Å². The van der Waals surface area contributed by atoms with E-state index in [0.717, 1.165) is 12.8 Å². The molecular formula is C14H21BrO. The lowest BCUT2D eigenvalue weighted by Crippen LogP contribution is -2.38. The van der Waals surface area contributed by atoms with Crippen LogP contribution in [0.15, 0.2) is 22.2 Å². The highest BCUT2D eigenvalue weighted by atomic mass is 79.9. The van der Waals surface area contributed by atoms with Crippen LogP contribution in [0.5, 0.6) is 0 Å². The summed E-state index contributed by atoms with van der Waals surface area (Å²) in [5, 5.41) is 0. The second-order valence-electron chi connectivity index (χ2n) is 6.08. The van der Waals surface area contributed by atoms with E-state index in [9.17, 15) is 0 Å². The van der Waals surface area contributed by atoms with Gasteiger partial charge in [0.05, 0.1) is 11.7 Å². The first kappa shape index (κ1) is 12.4. The van der Waals surface area contributed by atoms with Crippen molar-refractivity contribution in [3.8, 4) is 0 Å². The lowest BCUT2D eigenvalue weighted by molar-refractivity contribution is -0.0975. The Kier molecular flexibility index (Phi) is 3.09. The number of hydrogen-bond acceptors (Lipinski definition) is 1. The molecule has 0 spiro atoms. The van der Waals surface area contributed by atoms with E-state index in [4.69, 9.17) is 4.74 Å². The van der Waals surface area contributed by atoms with Gasteiger partial charge >= 0.3 is 0 Å². The van der Waals surface area contributed by atoms with Gasteiger partial charge in [-0.15, -0.1) is 0 Å². The van der Waals surface area contributed by atoms with Crippen LogP contribution in [-0.4, -0.2) is 11.7 Å². The SMILES string of the molecule is CC(C)(C)O[C@H]1CC=C2C(Br)=CCC[C@@]21C. The molecule has 0 aromatic carbocycles. The number of allylic oxidation sites excluding steroid dienone is 2. The van der Waals surface area contributed by atoms with Crippen LogP contribution in [0.2, 0.25) is 0 Å². The van der Waals surface area contributed by atoms with E-state index >= 15 is 0 Å². The van der Waals surface area contributed by atoms with Crippen LogP contribution >= 0.6 is 15.9 Å². The van der Waals surface area contributed by atoms with Crippen molar-refractivity contribution in [2.75, 3.05) is 0 Å². The van der Waals surface area contributed by atoms with E-state index in [1.54, 1.807) is 0 Å². The Labute approximate surface area is 107 Å². The first-order valence-electron chi connectivity index (χ1n) is 6.07. The van der Waals surface area contributed by atoms with E-state index in [-0.39, 0.29) is 11.0 Å². The first-order chi connectivity index (χ1) is 7.33. The van der Waals surface area contributed by atoms with Crippen molar-refractivity contribution >= 4 is 15.9 Å². The van der Waals surface area contributed by atoms with Gasteiger partial charge in [-0.2, -0.15) is 0 Å². The summed E-state index contributed by atoms with van der Waals surface area (Å²) in [6.45, 7) is 8.77. The smallest absolute Gasteiger partial charge is 0.0711 e. The molecule has 2 heteroatoms. The Morgan fingerprint density at radius 2 is 2.06 bits per heavy atom. The molecule has 90 valence electrons. The molecule has 2 rings (SSSR count). The zero-order valence-electron chi connectivity index (χ0n) is 10.6. The summed E-state index contributed by atoms with van der Waals surface area (Å²) in [6, 6.07) is 0. The lowest BCUT2D eigenvalue weighted by Gasteiger charge is -2.40. The summed E-state index contributed by atoms with van der Waals surface area (Å²) >= 11 is 3.67. The van der Waals surface area contributed by atoms with Crippen molar-refractivity contribution in [1.82, 2.24) is 0 Å². The molecule has 2 aliphatic carbocycles. The maximum absolute atomic E-state index is 6.22. The Hall–Kier alpha value is -0.0800. The van der Waals surface area contributed by atoms with Crippen molar-refractivity contribution in [3.63, 3.8) is 0 Å². The highest BCUT2D eigenvalue weighted by molar-refractivity contribution is 9.12. The third-order valence-corrected chi connectivity index (χ3v) is 4.35. The van der Waals surface area contributed by atoms with Crippen LogP contribution in [0.1, 0.15) is 47.0 Å². The van der Waals surface area contributed by atoms with Gasteiger partial charge in [-0.1, -0.05) is 35.0 Å². The molecule has 0 aromatic rings. The molecule has 0 unspecified atom stereocenters. The molecule has 1 nitrogen and oxygen atoms in total. The molecule has 0 heterocycles. The number of rotatable bonds is 1. The molecular weight excluding hydrogens is 264 g/mol. The number of halogens is 1. The fourth-order valence-electron chi connectivity index (χ4n) is 2.77. The fraction of sp³-hybridized carbons (Fsp3) is 0.714. The van der Waals surface area contributed by atoms with E-state index < -0.39 is 0 Å². The summed E-state index contributed by atoms with van der Waals surface area (Å²) in [4.78, 5) is 0. The summed E-state index contributed by atoms with van der Waals surface area (Å²) < 4.78 is 7.50. The van der Waals surface area contributed by atoms with Gasteiger partial charge in [-0.3, -0.25) is 0 Å². The van der Waals surface area contributed by atoms with Crippen LogP contribution in [0.3, 0.4) is 0 Å². The van der Waals surface area contributed by atoms with Crippen molar-refractivity contribution in [1.29, 1.82) is 0 Å². The lowest BCUT2D eigenvalue weighted by atomic mass is 9.74. The van der Waals surface area contributed by atoms with Gasteiger partial charge in [-0.25, -0.2) is 0 Å². The average Bonchev–Trinajstić information content (AvgIpc) is 2.42. The predicted octanol–water partition coefficient (Wildman–Crippen LogP) is 4.58. The zero-order chi connectivity index (χ0) is 12.0. The minimum absolute atomic E-state index is 0.0510. The monoisotopic (exact) mass is 284 g/mol. The maximum Gasteiger partial charge on any atom is 0.0711 e. The Bertz CT molecular complexity index is 348. The normalized spacial score (nSPS) is 34.4. The maximum atomic E-state index is 6.22. The second kappa shape index (κ2) is 3.99. The topological polar surface area (TPSA) is 9.23 Å². The molecule has 0 amide bonds. The summed E-state index contributed by atoms with van der Waals surface area (Å²) in [6.07, 6.45) is 8.37. The fourth-order valence-corrected chi connectivity index (χ4v) is 3.61. The highest BCUT2D eigenvalue weighted by Gasteiger charge is 2.45. The van der Waals surface area contributed by atoms with Gasteiger partial charge in [0.1, 0.15) is 0 Å². The molecule has 0 saturated heterocycles. The Morgan fingerprint density at radius 3 is 2.69 bits per heavy atom. The van der Waals surface area contributed by atoms with Crippen LogP contribution in [0, 0.1) is 5.41 Å². The minimum Gasteiger partial charge on any atom is -0.371 e. The second-order valence-corrected chi connectivity index (χ2v) is 6.93. The molecule has 0 N–H and O–H groups in total. The quantitative estimate of drug-likeness (QED) is 0.685. The Morgan fingerprint density at radius 1 is 1.38 bits per heavy atom. The Balaban J connectivity index is 2.21. The van der Waals surface area contributed by atoms with Crippen LogP contribution in [0.25, 0.3) is 0 Å². The van der Waals surface area contributed by atoms with Gasteiger partial charge in [-0.05, 0) is 45.6 Å². The van der Waals surface area contributed by atoms with E-state index in [1.807, 2.05) is 0 Å². The molecule has 0 aliphatic heterocycles. The van der Waals surface area contributed by atoms with Crippen LogP contribution < -0.4 is 0 Å². The number of ether oxygens (including phenoxy) is 1. The molecule has 0 bridgehead atoms. The van der Waals surface area contributed by atoms with Crippen molar-refractivity contribution < 1.29 is 4.74 Å². The van der Waals surface area contributed by atoms with Gasteiger partial charge in [0.25, 0.3) is 0 Å². The van der Waals surface area contributed by atoms with Crippen molar-refractivity contribution in [2.45, 2.75) is 58.7 Å². The largest absolute Gasteiger partial charge is 0.371 e. The van der Waals surface area contributed by atoms with Gasteiger partial charge in [0.2, 0.25) is 0 Å². The highest BCUT2D eigenvalue weighted by Crippen LogP contribution is 2.52. The molecule has 2 atom stereocenters. The molecule has 0 radical (unpaired) electrons. The van der Waals surface area contributed by atoms with E-state index in [2.05, 4.69) is 55.8 Å². The van der Waals surface area contributed by atoms with Gasteiger partial charge in [0.15, 0.2) is 0 Å². The minimum atomic E-state index is -0.0510. The van der Waals surface area contributed by atoms with Crippen LogP contribution in [-0.2, 0) is 4.74 Å². The van der Waals surface area contributed by atoms with E-state index in [0.29, 0.717) is 6.10 Å². The van der Waals surface area contributed by atoms with E-state index in [1.165, 1.54) is 16.5 Å². The summed E-state index contributed by atoms with van der Waals surface area (Å²) in [7, 11) is 0. The third-order valence-electron chi connectivity index (χ3n) is 3.60. The predicted molar refractivity (Wildman–Crippen MR) is 71.7 cm³/mol. The van der Waals surface area contributed by atoms with Crippen LogP contribution in [0.4, 0.5) is 0 Å². The molecule has 0 aromatic heterocycles. The molecule has 2 aliphatic rings. The first-order valence-corrected chi connectivity index (χ1v) is 6.87. The zero-order valence-corrected chi connectivity index (χ0v) is 12.2. The third kappa shape index (κ3) is 2.14. The number of fused-ring (bicyclic) bond motifs is 1. The van der Waals surface area contributed by atoms with Gasteiger partial charge in [0, 0.05) is 9.90 Å². The molecule has 0 saturated carbocycles.